The van der Waals surface area contributed by atoms with E-state index in [1.165, 1.54) is 0 Å². The Labute approximate surface area is 78.8 Å². The van der Waals surface area contributed by atoms with Crippen LogP contribution in [0.5, 0.6) is 0 Å². The summed E-state index contributed by atoms with van der Waals surface area (Å²) in [5.41, 5.74) is -1.49. The van der Waals surface area contributed by atoms with Crippen molar-refractivity contribution < 1.29 is 20.4 Å². The molecule has 4 nitrogen and oxygen atoms in total. The van der Waals surface area contributed by atoms with Crippen LogP contribution in [-0.2, 0) is 0 Å². The van der Waals surface area contributed by atoms with Crippen molar-refractivity contribution in [2.24, 2.45) is 10.8 Å². The number of hydrogen-bond acceptors (Lipinski definition) is 4. The van der Waals surface area contributed by atoms with E-state index in [0.717, 1.165) is 0 Å². The molecule has 0 fully saturated rings. The maximum atomic E-state index is 9.02. The van der Waals surface area contributed by atoms with Crippen molar-refractivity contribution in [3.8, 4) is 0 Å². The van der Waals surface area contributed by atoms with Gasteiger partial charge in [-0.15, -0.1) is 0 Å². The molecule has 0 radical (unpaired) electrons. The van der Waals surface area contributed by atoms with Crippen LogP contribution >= 0.6 is 0 Å². The first-order valence-electron chi connectivity index (χ1n) is 4.32. The summed E-state index contributed by atoms with van der Waals surface area (Å²) in [6.07, 6.45) is -2.59. The summed E-state index contributed by atoms with van der Waals surface area (Å²) in [5.74, 6) is 0. The molecule has 0 saturated heterocycles. The molecule has 0 aliphatic heterocycles. The van der Waals surface area contributed by atoms with Crippen LogP contribution in [0.1, 0.15) is 34.1 Å². The first-order chi connectivity index (χ1) is 5.59. The molecule has 80 valence electrons. The van der Waals surface area contributed by atoms with E-state index in [1.807, 2.05) is 0 Å². The molecular weight excluding hydrogens is 172 g/mol. The standard InChI is InChI=1S/C9H20O4/c1-8(2,6(10)11)5-9(3,4)7(12)13/h6-7,10-13H,5H2,1-4H3. The van der Waals surface area contributed by atoms with Crippen LogP contribution < -0.4 is 0 Å². The van der Waals surface area contributed by atoms with Gasteiger partial charge in [-0.25, -0.2) is 0 Å². The van der Waals surface area contributed by atoms with Crippen LogP contribution in [0.3, 0.4) is 0 Å². The van der Waals surface area contributed by atoms with Gasteiger partial charge in [0, 0.05) is 10.8 Å². The Balaban J connectivity index is 4.42. The Morgan fingerprint density at radius 3 is 1.15 bits per heavy atom. The SMILES string of the molecule is CC(C)(CC(C)(C)C(O)O)C(O)O. The second kappa shape index (κ2) is 3.92. The predicted octanol–water partition coefficient (Wildman–Crippen LogP) is 0.0503. The molecule has 13 heavy (non-hydrogen) atoms. The van der Waals surface area contributed by atoms with Crippen LogP contribution in [0.4, 0.5) is 0 Å². The highest BCUT2D eigenvalue weighted by Gasteiger charge is 2.37. The summed E-state index contributed by atoms with van der Waals surface area (Å²) in [4.78, 5) is 0. The predicted molar refractivity (Wildman–Crippen MR) is 48.6 cm³/mol. The van der Waals surface area contributed by atoms with Gasteiger partial charge < -0.3 is 20.4 Å². The molecule has 0 aromatic rings. The molecule has 4 heteroatoms. The van der Waals surface area contributed by atoms with Crippen LogP contribution in [0.15, 0.2) is 0 Å². The van der Waals surface area contributed by atoms with E-state index in [1.54, 1.807) is 27.7 Å². The smallest absolute Gasteiger partial charge is 0.156 e. The number of rotatable bonds is 4. The minimum Gasteiger partial charge on any atom is -0.368 e. The second-order valence-corrected chi connectivity index (χ2v) is 4.90. The van der Waals surface area contributed by atoms with Gasteiger partial charge in [0.15, 0.2) is 12.6 Å². The van der Waals surface area contributed by atoms with E-state index in [0.29, 0.717) is 6.42 Å². The van der Waals surface area contributed by atoms with E-state index in [-0.39, 0.29) is 0 Å². The minimum absolute atomic E-state index is 0.315. The molecule has 0 spiro atoms. The lowest BCUT2D eigenvalue weighted by Gasteiger charge is -2.36. The van der Waals surface area contributed by atoms with Gasteiger partial charge in [-0.2, -0.15) is 0 Å². The fourth-order valence-electron chi connectivity index (χ4n) is 1.36. The fourth-order valence-corrected chi connectivity index (χ4v) is 1.36. The minimum atomic E-state index is -1.45. The van der Waals surface area contributed by atoms with Crippen LogP contribution in [0, 0.1) is 10.8 Å². The van der Waals surface area contributed by atoms with Gasteiger partial charge in [0.1, 0.15) is 0 Å². The van der Waals surface area contributed by atoms with Crippen LogP contribution in [0.25, 0.3) is 0 Å². The second-order valence-electron chi connectivity index (χ2n) is 4.90. The van der Waals surface area contributed by atoms with Gasteiger partial charge in [0.25, 0.3) is 0 Å². The highest BCUT2D eigenvalue weighted by molar-refractivity contribution is 4.81. The van der Waals surface area contributed by atoms with Gasteiger partial charge in [-0.3, -0.25) is 0 Å². The first kappa shape index (κ1) is 12.8. The topological polar surface area (TPSA) is 80.9 Å². The average molecular weight is 192 g/mol. The Bertz CT molecular complexity index is 143. The molecule has 0 saturated carbocycles. The van der Waals surface area contributed by atoms with E-state index in [4.69, 9.17) is 20.4 Å². The third-order valence-electron chi connectivity index (χ3n) is 2.31. The molecular formula is C9H20O4. The molecule has 0 aliphatic carbocycles. The quantitative estimate of drug-likeness (QED) is 0.474. The van der Waals surface area contributed by atoms with Crippen LogP contribution in [0.2, 0.25) is 0 Å². The number of hydrogen-bond donors (Lipinski definition) is 4. The van der Waals surface area contributed by atoms with E-state index >= 15 is 0 Å². The molecule has 0 bridgehead atoms. The monoisotopic (exact) mass is 192 g/mol. The first-order valence-corrected chi connectivity index (χ1v) is 4.32. The lowest BCUT2D eigenvalue weighted by molar-refractivity contribution is -0.172. The van der Waals surface area contributed by atoms with E-state index in [2.05, 4.69) is 0 Å². The maximum Gasteiger partial charge on any atom is 0.156 e. The van der Waals surface area contributed by atoms with Gasteiger partial charge in [-0.1, -0.05) is 27.7 Å². The van der Waals surface area contributed by atoms with Crippen molar-refractivity contribution >= 4 is 0 Å². The van der Waals surface area contributed by atoms with Crippen LogP contribution in [-0.4, -0.2) is 33.0 Å². The Morgan fingerprint density at radius 2 is 1.00 bits per heavy atom. The molecule has 0 heterocycles. The zero-order valence-electron chi connectivity index (χ0n) is 8.65. The molecule has 0 aromatic carbocycles. The van der Waals surface area contributed by atoms with E-state index in [9.17, 15) is 0 Å². The van der Waals surface area contributed by atoms with E-state index < -0.39 is 23.4 Å². The summed E-state index contributed by atoms with van der Waals surface area (Å²) in [7, 11) is 0. The van der Waals surface area contributed by atoms with Crippen molar-refractivity contribution in [3.63, 3.8) is 0 Å². The van der Waals surface area contributed by atoms with Crippen molar-refractivity contribution in [3.05, 3.63) is 0 Å². The van der Waals surface area contributed by atoms with Gasteiger partial charge in [0.05, 0.1) is 0 Å². The summed E-state index contributed by atoms with van der Waals surface area (Å²) < 4.78 is 0. The summed E-state index contributed by atoms with van der Waals surface area (Å²) >= 11 is 0. The highest BCUT2D eigenvalue weighted by Crippen LogP contribution is 2.37. The average Bonchev–Trinajstić information content (AvgIpc) is 1.83. The van der Waals surface area contributed by atoms with Crippen molar-refractivity contribution in [2.75, 3.05) is 0 Å². The van der Waals surface area contributed by atoms with Gasteiger partial charge >= 0.3 is 0 Å². The Kier molecular flexibility index (Phi) is 3.87. The van der Waals surface area contributed by atoms with Crippen molar-refractivity contribution in [2.45, 2.75) is 46.7 Å². The van der Waals surface area contributed by atoms with Crippen molar-refractivity contribution in [1.29, 1.82) is 0 Å². The lowest BCUT2D eigenvalue weighted by atomic mass is 9.74. The highest BCUT2D eigenvalue weighted by atomic mass is 16.5. The Morgan fingerprint density at radius 1 is 0.769 bits per heavy atom. The molecule has 0 aliphatic rings. The zero-order chi connectivity index (χ0) is 10.9. The lowest BCUT2D eigenvalue weighted by Crippen LogP contribution is -2.39. The van der Waals surface area contributed by atoms with Crippen molar-refractivity contribution in [1.82, 2.24) is 0 Å². The maximum absolute atomic E-state index is 9.02. The molecule has 0 atom stereocenters. The molecule has 0 rings (SSSR count). The largest absolute Gasteiger partial charge is 0.368 e. The third-order valence-corrected chi connectivity index (χ3v) is 2.31. The zero-order valence-corrected chi connectivity index (χ0v) is 8.65. The Hall–Kier alpha value is -0.160. The molecule has 0 amide bonds. The number of aliphatic hydroxyl groups excluding tert-OH is 2. The van der Waals surface area contributed by atoms with Gasteiger partial charge in [0.2, 0.25) is 0 Å². The summed E-state index contributed by atoms with van der Waals surface area (Å²) in [6, 6.07) is 0. The van der Waals surface area contributed by atoms with Gasteiger partial charge in [-0.05, 0) is 6.42 Å². The summed E-state index contributed by atoms with van der Waals surface area (Å²) in [5, 5.41) is 36.1. The number of aliphatic hydroxyl groups is 4. The molecule has 4 N–H and O–H groups in total. The molecule has 0 aromatic heterocycles. The normalized spacial score (nSPS) is 14.3. The molecule has 0 unspecified atom stereocenters. The fraction of sp³-hybridized carbons (Fsp3) is 1.00. The third kappa shape index (κ3) is 3.60. The summed E-state index contributed by atoms with van der Waals surface area (Å²) in [6.45, 7) is 6.67.